The minimum Gasteiger partial charge on any atom is -0.462 e. The van der Waals surface area contributed by atoms with Gasteiger partial charge in [0.05, 0.1) is 6.61 Å². The van der Waals surface area contributed by atoms with Gasteiger partial charge in [0.25, 0.3) is 0 Å². The fourth-order valence-corrected chi connectivity index (χ4v) is 2.23. The molecular formula is C14H24O2. The molecule has 0 atom stereocenters. The Hall–Kier alpha value is -0.790. The van der Waals surface area contributed by atoms with Crippen LogP contribution in [0.25, 0.3) is 0 Å². The lowest BCUT2D eigenvalue weighted by Gasteiger charge is -2.21. The van der Waals surface area contributed by atoms with Crippen LogP contribution in [0.3, 0.4) is 0 Å². The van der Waals surface area contributed by atoms with Crippen molar-refractivity contribution in [3.8, 4) is 0 Å². The molecule has 0 aromatic heterocycles. The SMILES string of the molecule is C=C(CC1CCCCC1)C(=O)OCCCC. The van der Waals surface area contributed by atoms with E-state index in [0.29, 0.717) is 18.1 Å². The summed E-state index contributed by atoms with van der Waals surface area (Å²) in [6.07, 6.45) is 9.31. The van der Waals surface area contributed by atoms with E-state index in [1.807, 2.05) is 0 Å². The van der Waals surface area contributed by atoms with Crippen LogP contribution < -0.4 is 0 Å². The van der Waals surface area contributed by atoms with Gasteiger partial charge in [0.1, 0.15) is 0 Å². The van der Waals surface area contributed by atoms with Crippen molar-refractivity contribution in [3.63, 3.8) is 0 Å². The summed E-state index contributed by atoms with van der Waals surface area (Å²) in [5, 5.41) is 0. The second kappa shape index (κ2) is 7.48. The molecule has 0 unspecified atom stereocenters. The smallest absolute Gasteiger partial charge is 0.333 e. The Kier molecular flexibility index (Phi) is 6.20. The van der Waals surface area contributed by atoms with Crippen LogP contribution in [0.2, 0.25) is 0 Å². The zero-order chi connectivity index (χ0) is 11.8. The van der Waals surface area contributed by atoms with Gasteiger partial charge in [0.2, 0.25) is 0 Å². The molecule has 0 spiro atoms. The van der Waals surface area contributed by atoms with E-state index in [0.717, 1.165) is 19.3 Å². The van der Waals surface area contributed by atoms with E-state index < -0.39 is 0 Å². The molecule has 0 heterocycles. The summed E-state index contributed by atoms with van der Waals surface area (Å²) in [5.74, 6) is 0.485. The Morgan fingerprint density at radius 2 is 2.00 bits per heavy atom. The third kappa shape index (κ3) is 4.82. The standard InChI is InChI=1S/C14H24O2/c1-3-4-10-16-14(15)12(2)11-13-8-6-5-7-9-13/h13H,2-11H2,1H3. The Balaban J connectivity index is 2.19. The van der Waals surface area contributed by atoms with Gasteiger partial charge in [-0.15, -0.1) is 0 Å². The molecule has 1 aliphatic carbocycles. The topological polar surface area (TPSA) is 26.3 Å². The van der Waals surface area contributed by atoms with Crippen molar-refractivity contribution in [2.24, 2.45) is 5.92 Å². The maximum Gasteiger partial charge on any atom is 0.333 e. The highest BCUT2D eigenvalue weighted by Crippen LogP contribution is 2.28. The van der Waals surface area contributed by atoms with Crippen LogP contribution in [0.1, 0.15) is 58.3 Å². The van der Waals surface area contributed by atoms with Crippen LogP contribution in [-0.4, -0.2) is 12.6 Å². The lowest BCUT2D eigenvalue weighted by molar-refractivity contribution is -0.139. The van der Waals surface area contributed by atoms with Gasteiger partial charge in [0, 0.05) is 5.57 Å². The van der Waals surface area contributed by atoms with Gasteiger partial charge in [-0.2, -0.15) is 0 Å². The van der Waals surface area contributed by atoms with Crippen molar-refractivity contribution in [3.05, 3.63) is 12.2 Å². The van der Waals surface area contributed by atoms with Crippen LogP contribution in [0, 0.1) is 5.92 Å². The molecule has 1 rings (SSSR count). The number of rotatable bonds is 6. The molecule has 0 radical (unpaired) electrons. The summed E-state index contributed by atoms with van der Waals surface area (Å²) in [7, 11) is 0. The molecule has 2 heteroatoms. The van der Waals surface area contributed by atoms with E-state index in [2.05, 4.69) is 13.5 Å². The molecule has 0 aromatic carbocycles. The van der Waals surface area contributed by atoms with Crippen molar-refractivity contribution in [2.75, 3.05) is 6.61 Å². The largest absolute Gasteiger partial charge is 0.462 e. The number of esters is 1. The minimum absolute atomic E-state index is 0.181. The van der Waals surface area contributed by atoms with Gasteiger partial charge in [-0.3, -0.25) is 0 Å². The molecule has 2 nitrogen and oxygen atoms in total. The first kappa shape index (κ1) is 13.3. The Morgan fingerprint density at radius 3 is 2.62 bits per heavy atom. The predicted molar refractivity (Wildman–Crippen MR) is 66.2 cm³/mol. The highest BCUT2D eigenvalue weighted by atomic mass is 16.5. The molecule has 0 N–H and O–H groups in total. The highest BCUT2D eigenvalue weighted by molar-refractivity contribution is 5.87. The van der Waals surface area contributed by atoms with E-state index in [1.165, 1.54) is 32.1 Å². The van der Waals surface area contributed by atoms with Crippen LogP contribution in [0.15, 0.2) is 12.2 Å². The van der Waals surface area contributed by atoms with Crippen molar-refractivity contribution in [1.82, 2.24) is 0 Å². The molecule has 92 valence electrons. The maximum absolute atomic E-state index is 11.6. The molecule has 0 bridgehead atoms. The minimum atomic E-state index is -0.181. The molecule has 0 saturated heterocycles. The Labute approximate surface area is 99.1 Å². The highest BCUT2D eigenvalue weighted by Gasteiger charge is 2.18. The molecule has 1 aliphatic rings. The molecule has 16 heavy (non-hydrogen) atoms. The number of carbonyl (C=O) groups excluding carboxylic acids is 1. The van der Waals surface area contributed by atoms with Crippen molar-refractivity contribution in [2.45, 2.75) is 58.3 Å². The quantitative estimate of drug-likeness (QED) is 0.389. The van der Waals surface area contributed by atoms with Gasteiger partial charge >= 0.3 is 5.97 Å². The number of hydrogen-bond acceptors (Lipinski definition) is 2. The van der Waals surface area contributed by atoms with Crippen molar-refractivity contribution < 1.29 is 9.53 Å². The summed E-state index contributed by atoms with van der Waals surface area (Å²) < 4.78 is 5.15. The summed E-state index contributed by atoms with van der Waals surface area (Å²) >= 11 is 0. The van der Waals surface area contributed by atoms with E-state index in [9.17, 15) is 4.79 Å². The van der Waals surface area contributed by atoms with Gasteiger partial charge < -0.3 is 4.74 Å². The number of hydrogen-bond donors (Lipinski definition) is 0. The summed E-state index contributed by atoms with van der Waals surface area (Å²) in [5.41, 5.74) is 0.669. The second-order valence-electron chi connectivity index (χ2n) is 4.80. The monoisotopic (exact) mass is 224 g/mol. The van der Waals surface area contributed by atoms with Crippen LogP contribution in [0.4, 0.5) is 0 Å². The second-order valence-corrected chi connectivity index (χ2v) is 4.80. The summed E-state index contributed by atoms with van der Waals surface area (Å²) in [6.45, 7) is 6.48. The van der Waals surface area contributed by atoms with Crippen molar-refractivity contribution >= 4 is 5.97 Å². The van der Waals surface area contributed by atoms with E-state index >= 15 is 0 Å². The van der Waals surface area contributed by atoms with Crippen LogP contribution >= 0.6 is 0 Å². The lowest BCUT2D eigenvalue weighted by atomic mass is 9.85. The maximum atomic E-state index is 11.6. The molecule has 0 aromatic rings. The fraction of sp³-hybridized carbons (Fsp3) is 0.786. The average molecular weight is 224 g/mol. The molecule has 0 amide bonds. The van der Waals surface area contributed by atoms with Crippen molar-refractivity contribution in [1.29, 1.82) is 0 Å². The van der Waals surface area contributed by atoms with Gasteiger partial charge in [-0.1, -0.05) is 52.0 Å². The summed E-state index contributed by atoms with van der Waals surface area (Å²) in [6, 6.07) is 0. The van der Waals surface area contributed by atoms with E-state index in [-0.39, 0.29) is 5.97 Å². The molecule has 0 aliphatic heterocycles. The first-order chi connectivity index (χ1) is 7.74. The summed E-state index contributed by atoms with van der Waals surface area (Å²) in [4.78, 5) is 11.6. The lowest BCUT2D eigenvalue weighted by Crippen LogP contribution is -2.13. The van der Waals surface area contributed by atoms with E-state index in [4.69, 9.17) is 4.74 Å². The first-order valence-corrected chi connectivity index (χ1v) is 6.59. The normalized spacial score (nSPS) is 17.1. The van der Waals surface area contributed by atoms with Crippen LogP contribution in [-0.2, 0) is 9.53 Å². The number of carbonyl (C=O) groups is 1. The van der Waals surface area contributed by atoms with Gasteiger partial charge in [-0.05, 0) is 18.8 Å². The first-order valence-electron chi connectivity index (χ1n) is 6.59. The predicted octanol–water partition coefficient (Wildman–Crippen LogP) is 3.86. The zero-order valence-electron chi connectivity index (χ0n) is 10.5. The fourth-order valence-electron chi connectivity index (χ4n) is 2.23. The third-order valence-corrected chi connectivity index (χ3v) is 3.28. The van der Waals surface area contributed by atoms with E-state index in [1.54, 1.807) is 0 Å². The van der Waals surface area contributed by atoms with Crippen LogP contribution in [0.5, 0.6) is 0 Å². The number of ether oxygens (including phenoxy) is 1. The zero-order valence-corrected chi connectivity index (χ0v) is 10.5. The Morgan fingerprint density at radius 1 is 1.31 bits per heavy atom. The number of unbranched alkanes of at least 4 members (excludes halogenated alkanes) is 1. The molecule has 1 saturated carbocycles. The van der Waals surface area contributed by atoms with Gasteiger partial charge in [-0.25, -0.2) is 4.79 Å². The molecule has 1 fully saturated rings. The third-order valence-electron chi connectivity index (χ3n) is 3.28. The van der Waals surface area contributed by atoms with Gasteiger partial charge in [0.15, 0.2) is 0 Å². The average Bonchev–Trinajstić information content (AvgIpc) is 2.30. The Bertz CT molecular complexity index is 227. The molecular weight excluding hydrogens is 200 g/mol.